The second-order valence-corrected chi connectivity index (χ2v) is 3.89. The normalized spacial score (nSPS) is 41.6. The van der Waals surface area contributed by atoms with E-state index >= 15 is 0 Å². The fourth-order valence-corrected chi connectivity index (χ4v) is 2.32. The molecule has 0 amide bonds. The van der Waals surface area contributed by atoms with Gasteiger partial charge in [-0.3, -0.25) is 0 Å². The molecule has 1 aromatic carbocycles. The summed E-state index contributed by atoms with van der Waals surface area (Å²) in [5.41, 5.74) is 1.30. The van der Waals surface area contributed by atoms with Gasteiger partial charge in [-0.1, -0.05) is 30.3 Å². The van der Waals surface area contributed by atoms with Crippen LogP contribution in [0.4, 0.5) is 0 Å². The summed E-state index contributed by atoms with van der Waals surface area (Å²) < 4.78 is 5.38. The lowest BCUT2D eigenvalue weighted by atomic mass is 9.97. The summed E-state index contributed by atoms with van der Waals surface area (Å²) in [5, 5.41) is 9.55. The standard InChI is InChI=1S/C11H12O2/c12-9-6-8(10-11(9)13-10)7-4-2-1-3-5-7/h1-5,8-12H,6H2. The number of rotatable bonds is 1. The molecule has 1 saturated carbocycles. The van der Waals surface area contributed by atoms with Crippen molar-refractivity contribution in [2.75, 3.05) is 0 Å². The van der Waals surface area contributed by atoms with Crippen LogP contribution < -0.4 is 0 Å². The molecule has 1 aliphatic carbocycles. The minimum atomic E-state index is -0.241. The van der Waals surface area contributed by atoms with Gasteiger partial charge in [0.15, 0.2) is 0 Å². The molecule has 2 nitrogen and oxygen atoms in total. The van der Waals surface area contributed by atoms with Crippen LogP contribution in [-0.4, -0.2) is 23.4 Å². The van der Waals surface area contributed by atoms with Gasteiger partial charge in [0, 0.05) is 5.92 Å². The molecule has 1 N–H and O–H groups in total. The Bertz CT molecular complexity index is 309. The highest BCUT2D eigenvalue weighted by atomic mass is 16.6. The van der Waals surface area contributed by atoms with Gasteiger partial charge in [-0.05, 0) is 12.0 Å². The zero-order valence-electron chi connectivity index (χ0n) is 7.26. The molecule has 2 fully saturated rings. The summed E-state index contributed by atoms with van der Waals surface area (Å²) in [6, 6.07) is 10.3. The van der Waals surface area contributed by atoms with E-state index < -0.39 is 0 Å². The first-order valence-electron chi connectivity index (χ1n) is 4.75. The SMILES string of the molecule is OC1CC(c2ccccc2)C2OC12. The number of epoxide rings is 1. The van der Waals surface area contributed by atoms with E-state index in [1.54, 1.807) is 0 Å². The van der Waals surface area contributed by atoms with Crippen LogP contribution in [0.15, 0.2) is 30.3 Å². The van der Waals surface area contributed by atoms with Crippen molar-refractivity contribution in [1.82, 2.24) is 0 Å². The van der Waals surface area contributed by atoms with Crippen molar-refractivity contribution in [1.29, 1.82) is 0 Å². The van der Waals surface area contributed by atoms with Crippen molar-refractivity contribution in [3.8, 4) is 0 Å². The number of aliphatic hydroxyl groups is 1. The maximum absolute atomic E-state index is 9.55. The van der Waals surface area contributed by atoms with E-state index in [2.05, 4.69) is 12.1 Å². The number of aliphatic hydroxyl groups excluding tert-OH is 1. The molecule has 1 aromatic rings. The van der Waals surface area contributed by atoms with Gasteiger partial charge >= 0.3 is 0 Å². The molecule has 4 atom stereocenters. The van der Waals surface area contributed by atoms with Gasteiger partial charge in [-0.25, -0.2) is 0 Å². The molecule has 2 aliphatic rings. The highest BCUT2D eigenvalue weighted by Crippen LogP contribution is 2.48. The molecular weight excluding hydrogens is 164 g/mol. The topological polar surface area (TPSA) is 32.8 Å². The molecule has 4 unspecified atom stereocenters. The van der Waals surface area contributed by atoms with Crippen molar-refractivity contribution in [3.05, 3.63) is 35.9 Å². The third-order valence-corrected chi connectivity index (χ3v) is 3.06. The van der Waals surface area contributed by atoms with Crippen LogP contribution in [0.1, 0.15) is 17.9 Å². The van der Waals surface area contributed by atoms with Crippen LogP contribution in [-0.2, 0) is 4.74 Å². The van der Waals surface area contributed by atoms with Crippen molar-refractivity contribution < 1.29 is 9.84 Å². The largest absolute Gasteiger partial charge is 0.390 e. The fourth-order valence-electron chi connectivity index (χ4n) is 2.32. The Hall–Kier alpha value is -0.860. The van der Waals surface area contributed by atoms with Crippen LogP contribution in [0.2, 0.25) is 0 Å². The third kappa shape index (κ3) is 1.10. The van der Waals surface area contributed by atoms with E-state index in [9.17, 15) is 5.11 Å². The lowest BCUT2D eigenvalue weighted by Gasteiger charge is -2.11. The Kier molecular flexibility index (Phi) is 1.49. The molecule has 0 spiro atoms. The number of hydrogen-bond donors (Lipinski definition) is 1. The van der Waals surface area contributed by atoms with Crippen LogP contribution in [0.3, 0.4) is 0 Å². The molecule has 3 rings (SSSR count). The zero-order valence-corrected chi connectivity index (χ0v) is 7.26. The van der Waals surface area contributed by atoms with Crippen molar-refractivity contribution in [2.45, 2.75) is 30.7 Å². The summed E-state index contributed by atoms with van der Waals surface area (Å²) in [6.07, 6.45) is 1.04. The molecule has 1 heterocycles. The minimum Gasteiger partial charge on any atom is -0.390 e. The Labute approximate surface area is 77.2 Å². The van der Waals surface area contributed by atoms with Crippen LogP contribution >= 0.6 is 0 Å². The maximum atomic E-state index is 9.55. The van der Waals surface area contributed by atoms with Gasteiger partial charge in [0.25, 0.3) is 0 Å². The predicted molar refractivity (Wildman–Crippen MR) is 48.5 cm³/mol. The minimum absolute atomic E-state index is 0.130. The molecule has 13 heavy (non-hydrogen) atoms. The number of benzene rings is 1. The quantitative estimate of drug-likeness (QED) is 0.654. The van der Waals surface area contributed by atoms with E-state index in [-0.39, 0.29) is 18.3 Å². The molecule has 1 aliphatic heterocycles. The average molecular weight is 176 g/mol. The first-order chi connectivity index (χ1) is 6.36. The van der Waals surface area contributed by atoms with Crippen LogP contribution in [0.25, 0.3) is 0 Å². The fraction of sp³-hybridized carbons (Fsp3) is 0.455. The van der Waals surface area contributed by atoms with Crippen molar-refractivity contribution in [3.63, 3.8) is 0 Å². The monoisotopic (exact) mass is 176 g/mol. The Morgan fingerprint density at radius 1 is 1.15 bits per heavy atom. The Balaban J connectivity index is 1.88. The van der Waals surface area contributed by atoms with Crippen LogP contribution in [0.5, 0.6) is 0 Å². The van der Waals surface area contributed by atoms with Gasteiger partial charge in [-0.15, -0.1) is 0 Å². The first kappa shape index (κ1) is 7.54. The summed E-state index contributed by atoms with van der Waals surface area (Å²) in [4.78, 5) is 0. The second kappa shape index (κ2) is 2.56. The Morgan fingerprint density at radius 2 is 1.92 bits per heavy atom. The summed E-state index contributed by atoms with van der Waals surface area (Å²) in [5.74, 6) is 0.418. The summed E-state index contributed by atoms with van der Waals surface area (Å²) in [7, 11) is 0. The van der Waals surface area contributed by atoms with Gasteiger partial charge in [0.2, 0.25) is 0 Å². The second-order valence-electron chi connectivity index (χ2n) is 3.89. The van der Waals surface area contributed by atoms with Gasteiger partial charge in [0.05, 0.1) is 12.2 Å². The predicted octanol–water partition coefficient (Wildman–Crippen LogP) is 1.30. The van der Waals surface area contributed by atoms with E-state index in [0.717, 1.165) is 6.42 Å². The van der Waals surface area contributed by atoms with Gasteiger partial charge in [-0.2, -0.15) is 0 Å². The van der Waals surface area contributed by atoms with Gasteiger partial charge in [0.1, 0.15) is 6.10 Å². The highest BCUT2D eigenvalue weighted by Gasteiger charge is 2.56. The van der Waals surface area contributed by atoms with E-state index in [0.29, 0.717) is 5.92 Å². The lowest BCUT2D eigenvalue weighted by Crippen LogP contribution is -2.10. The maximum Gasteiger partial charge on any atom is 0.111 e. The van der Waals surface area contributed by atoms with E-state index in [1.165, 1.54) is 5.56 Å². The lowest BCUT2D eigenvalue weighted by molar-refractivity contribution is 0.112. The zero-order chi connectivity index (χ0) is 8.84. The smallest absolute Gasteiger partial charge is 0.111 e. The van der Waals surface area contributed by atoms with Gasteiger partial charge < -0.3 is 9.84 Å². The molecule has 1 saturated heterocycles. The molecule has 0 aromatic heterocycles. The van der Waals surface area contributed by atoms with Crippen molar-refractivity contribution >= 4 is 0 Å². The van der Waals surface area contributed by atoms with Crippen LogP contribution in [0, 0.1) is 0 Å². The summed E-state index contributed by atoms with van der Waals surface area (Å²) in [6.45, 7) is 0. The molecular formula is C11H12O2. The number of hydrogen-bond acceptors (Lipinski definition) is 2. The third-order valence-electron chi connectivity index (χ3n) is 3.06. The molecule has 0 radical (unpaired) electrons. The average Bonchev–Trinajstić information content (AvgIpc) is 2.89. The van der Waals surface area contributed by atoms with Crippen molar-refractivity contribution in [2.24, 2.45) is 0 Å². The number of ether oxygens (including phenoxy) is 1. The number of fused-ring (bicyclic) bond motifs is 1. The molecule has 2 heteroatoms. The summed E-state index contributed by atoms with van der Waals surface area (Å²) >= 11 is 0. The highest BCUT2D eigenvalue weighted by molar-refractivity contribution is 5.26. The first-order valence-corrected chi connectivity index (χ1v) is 4.75. The van der Waals surface area contributed by atoms with E-state index in [4.69, 9.17) is 4.74 Å². The molecule has 68 valence electrons. The van der Waals surface area contributed by atoms with E-state index in [1.807, 2.05) is 18.2 Å². The Morgan fingerprint density at radius 3 is 2.46 bits per heavy atom. The molecule has 0 bridgehead atoms.